The molecule has 1 heterocycles. The number of nitrogens with one attached hydrogen (secondary N) is 1. The molecule has 1 unspecified atom stereocenters. The molecule has 13 heavy (non-hydrogen) atoms. The zero-order valence-corrected chi connectivity index (χ0v) is 8.03. The number of rotatable bonds is 2. The summed E-state index contributed by atoms with van der Waals surface area (Å²) in [6.45, 7) is 0. The van der Waals surface area contributed by atoms with Crippen LogP contribution in [0.4, 0.5) is 0 Å². The predicted molar refractivity (Wildman–Crippen MR) is 55.8 cm³/mol. The Balaban J connectivity index is 2.06. The molecule has 0 amide bonds. The van der Waals surface area contributed by atoms with Gasteiger partial charge in [-0.1, -0.05) is 30.3 Å². The van der Waals surface area contributed by atoms with E-state index < -0.39 is 0 Å². The molecule has 0 radical (unpaired) electrons. The Kier molecular flexibility index (Phi) is 2.63. The lowest BCUT2D eigenvalue weighted by atomic mass is 10.4. The van der Waals surface area contributed by atoms with Gasteiger partial charge in [0.25, 0.3) is 0 Å². The number of allylic oxidation sites excluding steroid dienone is 2. The lowest BCUT2D eigenvalue weighted by molar-refractivity contribution is 0.168. The van der Waals surface area contributed by atoms with E-state index in [2.05, 4.69) is 17.6 Å². The Morgan fingerprint density at radius 1 is 1.15 bits per heavy atom. The molecule has 1 aromatic carbocycles. The fourth-order valence-corrected chi connectivity index (χ4v) is 2.01. The van der Waals surface area contributed by atoms with Gasteiger partial charge in [0, 0.05) is 0 Å². The third-order valence-corrected chi connectivity index (χ3v) is 2.79. The van der Waals surface area contributed by atoms with Crippen molar-refractivity contribution in [2.45, 2.75) is 0 Å². The van der Waals surface area contributed by atoms with Gasteiger partial charge in [0.15, 0.2) is 0 Å². The van der Waals surface area contributed by atoms with Crippen LogP contribution in [0.1, 0.15) is 0 Å². The van der Waals surface area contributed by atoms with Gasteiger partial charge in [0.2, 0.25) is 0 Å². The fourth-order valence-electron chi connectivity index (χ4n) is 1.05. The van der Waals surface area contributed by atoms with Crippen LogP contribution in [-0.2, 0) is 4.84 Å². The first-order valence-electron chi connectivity index (χ1n) is 4.06. The van der Waals surface area contributed by atoms with Gasteiger partial charge in [-0.2, -0.15) is 0 Å². The second kappa shape index (κ2) is 4.11. The van der Waals surface area contributed by atoms with E-state index in [9.17, 15) is 0 Å². The largest absolute Gasteiger partial charge is 0.390 e. The maximum Gasteiger partial charge on any atom is 0.119 e. The van der Waals surface area contributed by atoms with Crippen LogP contribution >= 0.6 is 8.58 Å². The Morgan fingerprint density at radius 3 is 2.69 bits per heavy atom. The predicted octanol–water partition coefficient (Wildman–Crippen LogP) is 1.88. The minimum Gasteiger partial charge on any atom is -0.390 e. The summed E-state index contributed by atoms with van der Waals surface area (Å²) in [6.07, 6.45) is 5.54. The van der Waals surface area contributed by atoms with Gasteiger partial charge in [-0.05, 0) is 26.0 Å². The van der Waals surface area contributed by atoms with Crippen molar-refractivity contribution in [2.75, 3.05) is 0 Å². The molecular weight excluding hydrogens is 181 g/mol. The average Bonchev–Trinajstić information content (AvgIpc) is 2.21. The van der Waals surface area contributed by atoms with E-state index in [-0.39, 0.29) is 0 Å². The third-order valence-electron chi connectivity index (χ3n) is 1.63. The second-order valence-corrected chi connectivity index (χ2v) is 3.99. The molecule has 0 aromatic heterocycles. The van der Waals surface area contributed by atoms with Crippen molar-refractivity contribution >= 4 is 13.9 Å². The van der Waals surface area contributed by atoms with Gasteiger partial charge < -0.3 is 4.84 Å². The number of benzene rings is 1. The highest BCUT2D eigenvalue weighted by molar-refractivity contribution is 7.51. The van der Waals surface area contributed by atoms with Crippen LogP contribution in [0.3, 0.4) is 0 Å². The Hall–Kier alpha value is -1.27. The van der Waals surface area contributed by atoms with Crippen LogP contribution < -0.4 is 10.8 Å². The van der Waals surface area contributed by atoms with Crippen LogP contribution in [0.2, 0.25) is 0 Å². The third kappa shape index (κ3) is 2.33. The smallest absolute Gasteiger partial charge is 0.119 e. The lowest BCUT2D eigenvalue weighted by Gasteiger charge is -2.11. The van der Waals surface area contributed by atoms with E-state index in [4.69, 9.17) is 4.84 Å². The molecule has 0 spiro atoms. The summed E-state index contributed by atoms with van der Waals surface area (Å²) in [5, 5.41) is 1.31. The van der Waals surface area contributed by atoms with Gasteiger partial charge in [-0.25, -0.2) is 5.48 Å². The first-order chi connectivity index (χ1) is 6.45. The first-order valence-corrected chi connectivity index (χ1v) is 5.06. The number of hydrogen-bond acceptors (Lipinski definition) is 2. The summed E-state index contributed by atoms with van der Waals surface area (Å²) in [6, 6.07) is 10.3. The van der Waals surface area contributed by atoms with Crippen molar-refractivity contribution < 1.29 is 4.84 Å². The monoisotopic (exact) mass is 191 g/mol. The highest BCUT2D eigenvalue weighted by Gasteiger charge is 1.99. The summed E-state index contributed by atoms with van der Waals surface area (Å²) in [7, 11) is 0.627. The minimum absolute atomic E-state index is 0.627. The normalized spacial score (nSPS) is 15.2. The van der Waals surface area contributed by atoms with Crippen molar-refractivity contribution in [2.24, 2.45) is 0 Å². The van der Waals surface area contributed by atoms with Crippen molar-refractivity contribution in [3.63, 3.8) is 0 Å². The minimum atomic E-state index is 0.627. The highest BCUT2D eigenvalue weighted by atomic mass is 31.1. The van der Waals surface area contributed by atoms with Crippen molar-refractivity contribution in [3.05, 3.63) is 54.2 Å². The van der Waals surface area contributed by atoms with Gasteiger partial charge in [0.1, 0.15) is 6.26 Å². The van der Waals surface area contributed by atoms with E-state index >= 15 is 0 Å². The van der Waals surface area contributed by atoms with Gasteiger partial charge in [-0.15, -0.1) is 0 Å². The standard InChI is InChI=1S/C10H10NOP/c1-2-5-9(6-3-1)13-10-7-4-8-12-11-10/h1-8,11,13H. The summed E-state index contributed by atoms with van der Waals surface area (Å²) in [5.74, 6) is 0. The molecule has 0 saturated carbocycles. The highest BCUT2D eigenvalue weighted by Crippen LogP contribution is 2.21. The van der Waals surface area contributed by atoms with Crippen molar-refractivity contribution in [1.82, 2.24) is 5.48 Å². The number of hydroxylamine groups is 1. The van der Waals surface area contributed by atoms with Crippen LogP contribution in [-0.4, -0.2) is 0 Å². The van der Waals surface area contributed by atoms with Crippen LogP contribution in [0.5, 0.6) is 0 Å². The average molecular weight is 191 g/mol. The van der Waals surface area contributed by atoms with E-state index in [1.54, 1.807) is 6.26 Å². The molecule has 0 bridgehead atoms. The maximum atomic E-state index is 4.96. The van der Waals surface area contributed by atoms with Crippen LogP contribution in [0, 0.1) is 0 Å². The SMILES string of the molecule is C1=CONC(Pc2ccccc2)=C1. The molecule has 0 fully saturated rings. The second-order valence-electron chi connectivity index (χ2n) is 2.62. The van der Waals surface area contributed by atoms with Crippen molar-refractivity contribution in [3.8, 4) is 0 Å². The molecule has 1 aromatic rings. The molecule has 3 heteroatoms. The van der Waals surface area contributed by atoms with Gasteiger partial charge in [-0.3, -0.25) is 0 Å². The van der Waals surface area contributed by atoms with Gasteiger partial charge >= 0.3 is 0 Å². The Labute approximate surface area is 79.0 Å². The molecule has 1 aliphatic heterocycles. The molecule has 0 aliphatic carbocycles. The lowest BCUT2D eigenvalue weighted by Crippen LogP contribution is -2.11. The topological polar surface area (TPSA) is 21.3 Å². The zero-order chi connectivity index (χ0) is 8.93. The van der Waals surface area contributed by atoms with E-state index in [1.165, 1.54) is 5.30 Å². The fraction of sp³-hybridized carbons (Fsp3) is 0. The van der Waals surface area contributed by atoms with E-state index in [0.29, 0.717) is 8.58 Å². The first kappa shape index (κ1) is 8.33. The van der Waals surface area contributed by atoms with Crippen LogP contribution in [0.25, 0.3) is 0 Å². The zero-order valence-electron chi connectivity index (χ0n) is 7.03. The molecule has 1 aliphatic rings. The van der Waals surface area contributed by atoms with Crippen LogP contribution in [0.15, 0.2) is 54.2 Å². The molecule has 1 N–H and O–H groups in total. The summed E-state index contributed by atoms with van der Waals surface area (Å²) < 4.78 is 0. The molecular formula is C10H10NOP. The molecule has 0 saturated heterocycles. The summed E-state index contributed by atoms with van der Waals surface area (Å²) in [5.41, 5.74) is 3.96. The summed E-state index contributed by atoms with van der Waals surface area (Å²) in [4.78, 5) is 4.96. The molecule has 66 valence electrons. The number of hydrogen-bond donors (Lipinski definition) is 1. The van der Waals surface area contributed by atoms with Crippen molar-refractivity contribution in [1.29, 1.82) is 0 Å². The molecule has 2 rings (SSSR count). The van der Waals surface area contributed by atoms with Gasteiger partial charge in [0.05, 0.1) is 5.44 Å². The summed E-state index contributed by atoms with van der Waals surface area (Å²) >= 11 is 0. The quantitative estimate of drug-likeness (QED) is 0.720. The molecule has 1 atom stereocenters. The Morgan fingerprint density at radius 2 is 2.00 bits per heavy atom. The molecule has 2 nitrogen and oxygen atoms in total. The maximum absolute atomic E-state index is 4.96. The Bertz CT molecular complexity index is 332. The van der Waals surface area contributed by atoms with E-state index in [1.807, 2.05) is 30.4 Å². The van der Waals surface area contributed by atoms with E-state index in [0.717, 1.165) is 5.44 Å².